The van der Waals surface area contributed by atoms with Gasteiger partial charge in [-0.3, -0.25) is 0 Å². The molecule has 0 N–H and O–H groups in total. The average molecular weight is 265 g/mol. The summed E-state index contributed by atoms with van der Waals surface area (Å²) < 4.78 is 33.1. The lowest BCUT2D eigenvalue weighted by atomic mass is 10.3. The maximum Gasteiger partial charge on any atom is 0.265 e. The van der Waals surface area contributed by atoms with Crippen molar-refractivity contribution < 1.29 is 17.9 Å². The predicted molar refractivity (Wildman–Crippen MR) is 61.8 cm³/mol. The molecule has 0 aliphatic heterocycles. The largest absolute Gasteiger partial charge is 0.493 e. The van der Waals surface area contributed by atoms with Crippen molar-refractivity contribution in [1.29, 1.82) is 0 Å². The Labute approximate surface area is 99.6 Å². The van der Waals surface area contributed by atoms with Gasteiger partial charge in [0.15, 0.2) is 11.5 Å². The maximum absolute atomic E-state index is 11.3. The van der Waals surface area contributed by atoms with Gasteiger partial charge in [-0.25, -0.2) is 8.42 Å². The zero-order chi connectivity index (χ0) is 12.3. The normalized spacial score (nSPS) is 11.6. The number of rotatable bonds is 4. The van der Waals surface area contributed by atoms with Crippen LogP contribution < -0.4 is 9.47 Å². The first kappa shape index (κ1) is 13.1. The first-order valence-electron chi connectivity index (χ1n) is 4.64. The number of halogens is 1. The van der Waals surface area contributed by atoms with E-state index in [-0.39, 0.29) is 16.7 Å². The van der Waals surface area contributed by atoms with Gasteiger partial charge in [0.25, 0.3) is 9.05 Å². The van der Waals surface area contributed by atoms with E-state index < -0.39 is 9.05 Å². The molecular weight excluding hydrogens is 252 g/mol. The minimum absolute atomic E-state index is 0.0813. The second-order valence-corrected chi connectivity index (χ2v) is 5.93. The van der Waals surface area contributed by atoms with Crippen LogP contribution in [0.2, 0.25) is 0 Å². The Balaban J connectivity index is 3.38. The highest BCUT2D eigenvalue weighted by atomic mass is 35.7. The van der Waals surface area contributed by atoms with E-state index in [2.05, 4.69) is 0 Å². The molecule has 90 valence electrons. The maximum atomic E-state index is 11.3. The second-order valence-electron chi connectivity index (χ2n) is 3.39. The van der Waals surface area contributed by atoms with Crippen LogP contribution in [-0.4, -0.2) is 21.6 Å². The van der Waals surface area contributed by atoms with Gasteiger partial charge < -0.3 is 9.47 Å². The van der Waals surface area contributed by atoms with E-state index in [0.717, 1.165) is 0 Å². The van der Waals surface area contributed by atoms with Crippen LogP contribution in [-0.2, 0) is 9.05 Å². The Hall–Kier alpha value is -0.940. The third kappa shape index (κ3) is 3.02. The molecule has 16 heavy (non-hydrogen) atoms. The molecule has 6 heteroatoms. The van der Waals surface area contributed by atoms with E-state index in [0.29, 0.717) is 5.75 Å². The van der Waals surface area contributed by atoms with Crippen molar-refractivity contribution in [1.82, 2.24) is 0 Å². The van der Waals surface area contributed by atoms with Crippen LogP contribution in [0.3, 0.4) is 0 Å². The van der Waals surface area contributed by atoms with E-state index in [1.807, 2.05) is 0 Å². The van der Waals surface area contributed by atoms with Gasteiger partial charge in [0.2, 0.25) is 0 Å². The molecule has 0 atom stereocenters. The minimum Gasteiger partial charge on any atom is -0.493 e. The van der Waals surface area contributed by atoms with Crippen LogP contribution >= 0.6 is 10.7 Å². The van der Waals surface area contributed by atoms with Gasteiger partial charge in [-0.15, -0.1) is 0 Å². The third-order valence-electron chi connectivity index (χ3n) is 1.78. The number of hydrogen-bond acceptors (Lipinski definition) is 4. The Morgan fingerprint density at radius 3 is 2.38 bits per heavy atom. The molecule has 1 rings (SSSR count). The van der Waals surface area contributed by atoms with Crippen LogP contribution in [0.4, 0.5) is 0 Å². The molecule has 0 heterocycles. The Bertz CT molecular complexity index is 468. The first-order chi connectivity index (χ1) is 7.36. The number of ether oxygens (including phenoxy) is 2. The fourth-order valence-electron chi connectivity index (χ4n) is 1.20. The molecule has 0 spiro atoms. The van der Waals surface area contributed by atoms with Crippen LogP contribution in [0, 0.1) is 0 Å². The molecule has 4 nitrogen and oxygen atoms in total. The fourth-order valence-corrected chi connectivity index (χ4v) is 2.18. The SMILES string of the molecule is COc1cccc(S(=O)(=O)Cl)c1OC(C)C. The van der Waals surface area contributed by atoms with Crippen LogP contribution in [0.25, 0.3) is 0 Å². The van der Waals surface area contributed by atoms with Crippen molar-refractivity contribution in [2.75, 3.05) is 7.11 Å². The summed E-state index contributed by atoms with van der Waals surface area (Å²) in [6.07, 6.45) is -0.173. The van der Waals surface area contributed by atoms with E-state index in [4.69, 9.17) is 20.2 Å². The molecule has 0 unspecified atom stereocenters. The fraction of sp³-hybridized carbons (Fsp3) is 0.400. The van der Waals surface area contributed by atoms with Crippen molar-refractivity contribution >= 4 is 19.7 Å². The van der Waals surface area contributed by atoms with Crippen LogP contribution in [0.1, 0.15) is 13.8 Å². The Morgan fingerprint density at radius 1 is 1.31 bits per heavy atom. The zero-order valence-corrected chi connectivity index (χ0v) is 10.8. The molecule has 0 aromatic heterocycles. The summed E-state index contributed by atoms with van der Waals surface area (Å²) >= 11 is 0. The number of methoxy groups -OCH3 is 1. The molecule has 0 aliphatic rings. The topological polar surface area (TPSA) is 52.6 Å². The molecule has 1 aromatic carbocycles. The van der Waals surface area contributed by atoms with Gasteiger partial charge in [0, 0.05) is 10.7 Å². The molecule has 1 aromatic rings. The van der Waals surface area contributed by atoms with Crippen LogP contribution in [0.5, 0.6) is 11.5 Å². The van der Waals surface area contributed by atoms with Crippen molar-refractivity contribution in [3.05, 3.63) is 18.2 Å². The lowest BCUT2D eigenvalue weighted by molar-refractivity contribution is 0.223. The van der Waals surface area contributed by atoms with Gasteiger partial charge in [0.1, 0.15) is 4.90 Å². The zero-order valence-electron chi connectivity index (χ0n) is 9.23. The number of benzene rings is 1. The molecule has 0 radical (unpaired) electrons. The van der Waals surface area contributed by atoms with Crippen molar-refractivity contribution in [3.8, 4) is 11.5 Å². The smallest absolute Gasteiger partial charge is 0.265 e. The summed E-state index contributed by atoms with van der Waals surface area (Å²) in [7, 11) is 2.91. The molecule has 0 aliphatic carbocycles. The highest BCUT2D eigenvalue weighted by Gasteiger charge is 2.21. The lowest BCUT2D eigenvalue weighted by Crippen LogP contribution is -2.09. The van der Waals surface area contributed by atoms with Crippen molar-refractivity contribution in [2.45, 2.75) is 24.8 Å². The monoisotopic (exact) mass is 264 g/mol. The van der Waals surface area contributed by atoms with Gasteiger partial charge in [-0.05, 0) is 26.0 Å². The average Bonchev–Trinajstić information content (AvgIpc) is 2.15. The van der Waals surface area contributed by atoms with E-state index in [1.54, 1.807) is 26.0 Å². The Morgan fingerprint density at radius 2 is 1.94 bits per heavy atom. The molecule has 0 fully saturated rings. The quantitative estimate of drug-likeness (QED) is 0.784. The highest BCUT2D eigenvalue weighted by Crippen LogP contribution is 2.36. The van der Waals surface area contributed by atoms with Crippen molar-refractivity contribution in [2.24, 2.45) is 0 Å². The molecule has 0 saturated heterocycles. The third-order valence-corrected chi connectivity index (χ3v) is 3.12. The summed E-state index contributed by atoms with van der Waals surface area (Å²) in [6.45, 7) is 3.58. The van der Waals surface area contributed by atoms with Gasteiger partial charge in [-0.2, -0.15) is 0 Å². The summed E-state index contributed by atoms with van der Waals surface area (Å²) in [5, 5.41) is 0. The van der Waals surface area contributed by atoms with Gasteiger partial charge >= 0.3 is 0 Å². The first-order valence-corrected chi connectivity index (χ1v) is 6.95. The Kier molecular flexibility index (Phi) is 4.04. The minimum atomic E-state index is -3.84. The second kappa shape index (κ2) is 4.93. The van der Waals surface area contributed by atoms with Gasteiger partial charge in [0.05, 0.1) is 13.2 Å². The van der Waals surface area contributed by atoms with E-state index >= 15 is 0 Å². The standard InChI is InChI=1S/C10H13ClO4S/c1-7(2)15-10-8(14-3)5-4-6-9(10)16(11,12)13/h4-7H,1-3H3. The summed E-state index contributed by atoms with van der Waals surface area (Å²) in [6, 6.07) is 4.53. The summed E-state index contributed by atoms with van der Waals surface area (Å²) in [5.74, 6) is 0.491. The summed E-state index contributed by atoms with van der Waals surface area (Å²) in [4.78, 5) is -0.0813. The van der Waals surface area contributed by atoms with E-state index in [1.165, 1.54) is 13.2 Å². The number of para-hydroxylation sites is 1. The highest BCUT2D eigenvalue weighted by molar-refractivity contribution is 8.13. The molecular formula is C10H13ClO4S. The lowest BCUT2D eigenvalue weighted by Gasteiger charge is -2.15. The molecule has 0 saturated carbocycles. The number of hydrogen-bond donors (Lipinski definition) is 0. The molecule has 0 amide bonds. The van der Waals surface area contributed by atoms with Crippen molar-refractivity contribution in [3.63, 3.8) is 0 Å². The van der Waals surface area contributed by atoms with Crippen LogP contribution in [0.15, 0.2) is 23.1 Å². The van der Waals surface area contributed by atoms with E-state index in [9.17, 15) is 8.42 Å². The predicted octanol–water partition coefficient (Wildman–Crippen LogP) is 2.41. The van der Waals surface area contributed by atoms with Gasteiger partial charge in [-0.1, -0.05) is 6.07 Å². The molecule has 0 bridgehead atoms. The summed E-state index contributed by atoms with van der Waals surface area (Å²) in [5.41, 5.74) is 0.